The molecule has 0 saturated heterocycles. The summed E-state index contributed by atoms with van der Waals surface area (Å²) in [5, 5.41) is 14.0. The number of hydrogen-bond donors (Lipinski definition) is 1. The van der Waals surface area contributed by atoms with Gasteiger partial charge in [-0.25, -0.2) is 9.67 Å². The fraction of sp³-hybridized carbons (Fsp3) is 0.125. The van der Waals surface area contributed by atoms with Gasteiger partial charge in [-0.1, -0.05) is 0 Å². The summed E-state index contributed by atoms with van der Waals surface area (Å²) in [7, 11) is 2.98. The van der Waals surface area contributed by atoms with E-state index < -0.39 is 0 Å². The number of ether oxygens (including phenoxy) is 2. The maximum absolute atomic E-state index is 12.6. The Labute approximate surface area is 137 Å². The van der Waals surface area contributed by atoms with E-state index in [-0.39, 0.29) is 28.6 Å². The molecule has 0 atom stereocenters. The second-order valence-electron chi connectivity index (χ2n) is 4.78. The lowest BCUT2D eigenvalue weighted by molar-refractivity contribution is 0.103. The molecule has 3 aromatic rings. The molecule has 1 N–H and O–H groups in total. The molecule has 24 heavy (non-hydrogen) atoms. The van der Waals surface area contributed by atoms with Gasteiger partial charge in [-0.15, -0.1) is 0 Å². The first kappa shape index (κ1) is 15.5. The Hall–Kier alpha value is -3.42. The van der Waals surface area contributed by atoms with Crippen LogP contribution in [0.5, 0.6) is 17.4 Å². The summed E-state index contributed by atoms with van der Waals surface area (Å²) < 4.78 is 11.5. The summed E-state index contributed by atoms with van der Waals surface area (Å²) in [6.45, 7) is 0. The van der Waals surface area contributed by atoms with Gasteiger partial charge in [-0.2, -0.15) is 10.1 Å². The van der Waals surface area contributed by atoms with Crippen LogP contribution in [0.3, 0.4) is 0 Å². The lowest BCUT2D eigenvalue weighted by Gasteiger charge is -2.05. The molecule has 1 aromatic carbocycles. The zero-order valence-electron chi connectivity index (χ0n) is 13.0. The molecule has 0 spiro atoms. The number of hydrogen-bond acceptors (Lipinski definition) is 7. The second-order valence-corrected chi connectivity index (χ2v) is 4.78. The molecule has 8 heteroatoms. The number of aromatic nitrogens is 4. The predicted octanol–water partition coefficient (Wildman–Crippen LogP) is 1.62. The van der Waals surface area contributed by atoms with Crippen LogP contribution >= 0.6 is 0 Å². The highest BCUT2D eigenvalue weighted by atomic mass is 16.5. The van der Waals surface area contributed by atoms with E-state index in [2.05, 4.69) is 15.1 Å². The van der Waals surface area contributed by atoms with Gasteiger partial charge in [0.15, 0.2) is 5.78 Å². The Morgan fingerprint density at radius 3 is 2.79 bits per heavy atom. The van der Waals surface area contributed by atoms with Gasteiger partial charge in [-0.3, -0.25) is 4.79 Å². The minimum absolute atomic E-state index is 0.125. The maximum atomic E-state index is 12.6. The number of nitrogens with zero attached hydrogens (tertiary/aromatic N) is 4. The van der Waals surface area contributed by atoms with Crippen molar-refractivity contribution in [3.05, 3.63) is 54.0 Å². The van der Waals surface area contributed by atoms with Gasteiger partial charge in [0.2, 0.25) is 5.88 Å². The van der Waals surface area contributed by atoms with Crippen LogP contribution in [-0.4, -0.2) is 44.9 Å². The molecule has 0 aliphatic heterocycles. The summed E-state index contributed by atoms with van der Waals surface area (Å²) in [6, 6.07) is 6.05. The van der Waals surface area contributed by atoms with Crippen LogP contribution in [0.15, 0.2) is 42.9 Å². The van der Waals surface area contributed by atoms with Crippen LogP contribution in [0, 0.1) is 0 Å². The maximum Gasteiger partial charge on any atom is 0.253 e. The van der Waals surface area contributed by atoms with Crippen molar-refractivity contribution in [1.29, 1.82) is 0 Å². The first-order valence-electron chi connectivity index (χ1n) is 6.96. The van der Waals surface area contributed by atoms with Crippen LogP contribution in [-0.2, 0) is 0 Å². The third-order valence-corrected chi connectivity index (χ3v) is 3.32. The Balaban J connectivity index is 1.94. The smallest absolute Gasteiger partial charge is 0.253 e. The third-order valence-electron chi connectivity index (χ3n) is 3.32. The Morgan fingerprint density at radius 2 is 2.04 bits per heavy atom. The normalized spacial score (nSPS) is 10.4. The SMILES string of the molecule is COc1ccc(O)c(C(=O)c2cnn(-c3nccc(OC)n3)c2)c1. The van der Waals surface area contributed by atoms with Crippen LogP contribution in [0.2, 0.25) is 0 Å². The number of methoxy groups -OCH3 is 2. The molecule has 0 bridgehead atoms. The van der Waals surface area contributed by atoms with Crippen molar-refractivity contribution < 1.29 is 19.4 Å². The number of phenols is 1. The molecule has 0 radical (unpaired) electrons. The van der Waals surface area contributed by atoms with Gasteiger partial charge >= 0.3 is 0 Å². The minimum Gasteiger partial charge on any atom is -0.507 e. The first-order chi connectivity index (χ1) is 11.6. The van der Waals surface area contributed by atoms with Gasteiger partial charge < -0.3 is 14.6 Å². The molecule has 2 aromatic heterocycles. The van der Waals surface area contributed by atoms with Crippen LogP contribution in [0.1, 0.15) is 15.9 Å². The number of aromatic hydroxyl groups is 1. The van der Waals surface area contributed by atoms with Gasteiger partial charge in [0.05, 0.1) is 31.5 Å². The molecule has 0 amide bonds. The van der Waals surface area contributed by atoms with Crippen LogP contribution in [0.4, 0.5) is 0 Å². The van der Waals surface area contributed by atoms with Crippen molar-refractivity contribution in [2.45, 2.75) is 0 Å². The van der Waals surface area contributed by atoms with E-state index in [1.807, 2.05) is 0 Å². The highest BCUT2D eigenvalue weighted by molar-refractivity contribution is 6.10. The minimum atomic E-state index is -0.388. The van der Waals surface area contributed by atoms with E-state index in [0.717, 1.165) is 0 Å². The third kappa shape index (κ3) is 2.89. The Bertz CT molecular complexity index is 891. The number of rotatable bonds is 5. The molecule has 0 saturated carbocycles. The molecule has 0 fully saturated rings. The Kier molecular flexibility index (Phi) is 4.11. The average Bonchev–Trinajstić information content (AvgIpc) is 3.12. The van der Waals surface area contributed by atoms with E-state index in [4.69, 9.17) is 9.47 Å². The summed E-state index contributed by atoms with van der Waals surface area (Å²) in [6.07, 6.45) is 4.39. The van der Waals surface area contributed by atoms with Crippen molar-refractivity contribution in [2.75, 3.05) is 14.2 Å². The van der Waals surface area contributed by atoms with E-state index in [1.165, 1.54) is 49.6 Å². The van der Waals surface area contributed by atoms with Crippen molar-refractivity contribution in [2.24, 2.45) is 0 Å². The second kappa shape index (κ2) is 6.37. The first-order valence-corrected chi connectivity index (χ1v) is 6.96. The topological polar surface area (TPSA) is 99.4 Å². The fourth-order valence-corrected chi connectivity index (χ4v) is 2.09. The predicted molar refractivity (Wildman–Crippen MR) is 83.8 cm³/mol. The quantitative estimate of drug-likeness (QED) is 0.711. The molecule has 8 nitrogen and oxygen atoms in total. The molecule has 122 valence electrons. The van der Waals surface area contributed by atoms with Gasteiger partial charge in [0.1, 0.15) is 11.5 Å². The number of phenolic OH excluding ortho intramolecular Hbond substituents is 1. The molecule has 0 aliphatic rings. The van der Waals surface area contributed by atoms with Crippen molar-refractivity contribution in [1.82, 2.24) is 19.7 Å². The van der Waals surface area contributed by atoms with E-state index in [9.17, 15) is 9.90 Å². The van der Waals surface area contributed by atoms with Crippen molar-refractivity contribution in [3.8, 4) is 23.3 Å². The van der Waals surface area contributed by atoms with E-state index in [1.54, 1.807) is 12.1 Å². The average molecular weight is 326 g/mol. The summed E-state index contributed by atoms with van der Waals surface area (Å²) in [5.41, 5.74) is 0.408. The monoisotopic (exact) mass is 326 g/mol. The van der Waals surface area contributed by atoms with Gasteiger partial charge in [-0.05, 0) is 18.2 Å². The zero-order chi connectivity index (χ0) is 17.1. The van der Waals surface area contributed by atoms with Crippen LogP contribution in [0.25, 0.3) is 5.95 Å². The van der Waals surface area contributed by atoms with E-state index >= 15 is 0 Å². The summed E-state index contributed by atoms with van der Waals surface area (Å²) in [4.78, 5) is 20.8. The van der Waals surface area contributed by atoms with Crippen LogP contribution < -0.4 is 9.47 Å². The highest BCUT2D eigenvalue weighted by Gasteiger charge is 2.17. The molecule has 2 heterocycles. The van der Waals surface area contributed by atoms with Crippen molar-refractivity contribution in [3.63, 3.8) is 0 Å². The largest absolute Gasteiger partial charge is 0.507 e. The number of carbonyl (C=O) groups is 1. The van der Waals surface area contributed by atoms with Crippen molar-refractivity contribution >= 4 is 5.78 Å². The number of carbonyl (C=O) groups excluding carboxylic acids is 1. The zero-order valence-corrected chi connectivity index (χ0v) is 13.0. The molecule has 0 unspecified atom stereocenters. The fourth-order valence-electron chi connectivity index (χ4n) is 2.09. The summed E-state index contributed by atoms with van der Waals surface area (Å²) >= 11 is 0. The summed E-state index contributed by atoms with van der Waals surface area (Å²) in [5.74, 6) is 0.600. The standard InChI is InChI=1S/C16H14N4O4/c1-23-11-3-4-13(21)12(7-11)15(22)10-8-18-20(9-10)16-17-6-5-14(19-16)24-2/h3-9,21H,1-2H3. The molecular formula is C16H14N4O4. The van der Waals surface area contributed by atoms with Gasteiger partial charge in [0, 0.05) is 18.5 Å². The lowest BCUT2D eigenvalue weighted by atomic mass is 10.1. The highest BCUT2D eigenvalue weighted by Crippen LogP contribution is 2.25. The lowest BCUT2D eigenvalue weighted by Crippen LogP contribution is -2.03. The number of benzene rings is 1. The molecular weight excluding hydrogens is 312 g/mol. The molecule has 0 aliphatic carbocycles. The Morgan fingerprint density at radius 1 is 1.21 bits per heavy atom. The van der Waals surface area contributed by atoms with E-state index in [0.29, 0.717) is 11.6 Å². The number of ketones is 1. The molecule has 3 rings (SSSR count). The van der Waals surface area contributed by atoms with Gasteiger partial charge in [0.25, 0.3) is 5.95 Å².